The molecule has 0 aliphatic heterocycles. The van der Waals surface area contributed by atoms with E-state index in [4.69, 9.17) is 9.15 Å². The van der Waals surface area contributed by atoms with Crippen LogP contribution in [0.25, 0.3) is 11.1 Å². The highest BCUT2D eigenvalue weighted by Gasteiger charge is 2.18. The van der Waals surface area contributed by atoms with E-state index >= 15 is 0 Å². The van der Waals surface area contributed by atoms with Gasteiger partial charge < -0.3 is 19.0 Å². The van der Waals surface area contributed by atoms with Crippen LogP contribution in [0.2, 0.25) is 0 Å². The van der Waals surface area contributed by atoms with Gasteiger partial charge in [-0.2, -0.15) is 0 Å². The van der Waals surface area contributed by atoms with Crippen molar-refractivity contribution in [2.75, 3.05) is 7.11 Å². The number of aromatic nitrogens is 1. The van der Waals surface area contributed by atoms with E-state index in [9.17, 15) is 4.79 Å². The normalized spacial score (nSPS) is 11.1. The zero-order chi connectivity index (χ0) is 16.4. The number of carbonyl (C=O) groups is 1. The molecule has 1 N–H and O–H groups in total. The van der Waals surface area contributed by atoms with Crippen LogP contribution in [0, 0.1) is 0 Å². The third kappa shape index (κ3) is 3.08. The third-order valence-corrected chi connectivity index (χ3v) is 3.65. The summed E-state index contributed by atoms with van der Waals surface area (Å²) in [6.07, 6.45) is 1.64. The molecule has 0 aliphatic rings. The van der Waals surface area contributed by atoms with Crippen molar-refractivity contribution in [2.45, 2.75) is 26.4 Å². The van der Waals surface area contributed by atoms with Crippen molar-refractivity contribution in [1.29, 1.82) is 0 Å². The van der Waals surface area contributed by atoms with E-state index in [1.807, 2.05) is 48.7 Å². The SMILES string of the molecule is COc1cccc(Cn2c(C(=O)NC(C)C)cc3occc32)c1. The number of ether oxygens (including phenoxy) is 1. The summed E-state index contributed by atoms with van der Waals surface area (Å²) in [6, 6.07) is 11.6. The first kappa shape index (κ1) is 15.2. The van der Waals surface area contributed by atoms with Gasteiger partial charge in [-0.1, -0.05) is 12.1 Å². The lowest BCUT2D eigenvalue weighted by Gasteiger charge is -2.13. The molecule has 0 saturated heterocycles. The maximum Gasteiger partial charge on any atom is 0.268 e. The average Bonchev–Trinajstić information content (AvgIpc) is 3.09. The topological polar surface area (TPSA) is 56.4 Å². The first-order valence-corrected chi connectivity index (χ1v) is 7.59. The van der Waals surface area contributed by atoms with Gasteiger partial charge >= 0.3 is 0 Å². The summed E-state index contributed by atoms with van der Waals surface area (Å²) < 4.78 is 12.7. The second kappa shape index (κ2) is 6.20. The van der Waals surface area contributed by atoms with E-state index in [1.54, 1.807) is 19.4 Å². The van der Waals surface area contributed by atoms with Gasteiger partial charge in [0.05, 0.1) is 18.9 Å². The first-order chi connectivity index (χ1) is 11.1. The fourth-order valence-electron chi connectivity index (χ4n) is 2.63. The number of amides is 1. The highest BCUT2D eigenvalue weighted by molar-refractivity contribution is 5.97. The molecule has 0 radical (unpaired) electrons. The molecule has 120 valence electrons. The Labute approximate surface area is 134 Å². The van der Waals surface area contributed by atoms with Crippen molar-refractivity contribution in [3.05, 3.63) is 53.9 Å². The van der Waals surface area contributed by atoms with Gasteiger partial charge in [0.2, 0.25) is 0 Å². The van der Waals surface area contributed by atoms with E-state index < -0.39 is 0 Å². The van der Waals surface area contributed by atoms with Gasteiger partial charge in [0.25, 0.3) is 5.91 Å². The Hall–Kier alpha value is -2.69. The molecule has 2 aromatic heterocycles. The summed E-state index contributed by atoms with van der Waals surface area (Å²) in [5.74, 6) is 0.695. The second-order valence-corrected chi connectivity index (χ2v) is 5.77. The minimum atomic E-state index is -0.103. The standard InChI is InChI=1S/C18H20N2O3/c1-12(2)19-18(21)16-10-17-15(7-8-23-17)20(16)11-13-5-4-6-14(9-13)22-3/h4-10,12H,11H2,1-3H3,(H,19,21). The molecule has 5 heteroatoms. The number of hydrogen-bond acceptors (Lipinski definition) is 3. The lowest BCUT2D eigenvalue weighted by Crippen LogP contribution is -2.31. The highest BCUT2D eigenvalue weighted by atomic mass is 16.5. The molecule has 23 heavy (non-hydrogen) atoms. The maximum atomic E-state index is 12.5. The van der Waals surface area contributed by atoms with Crippen LogP contribution in [0.5, 0.6) is 5.75 Å². The van der Waals surface area contributed by atoms with Gasteiger partial charge in [-0.25, -0.2) is 0 Å². The number of methoxy groups -OCH3 is 1. The molecular formula is C18H20N2O3. The smallest absolute Gasteiger partial charge is 0.268 e. The molecule has 0 unspecified atom stereocenters. The Morgan fingerprint density at radius 1 is 1.30 bits per heavy atom. The fourth-order valence-corrected chi connectivity index (χ4v) is 2.63. The summed E-state index contributed by atoms with van der Waals surface area (Å²) in [6.45, 7) is 4.45. The van der Waals surface area contributed by atoms with Crippen molar-refractivity contribution in [2.24, 2.45) is 0 Å². The number of benzene rings is 1. The molecule has 1 aromatic carbocycles. The van der Waals surface area contributed by atoms with Crippen LogP contribution in [0.15, 0.2) is 47.1 Å². The average molecular weight is 312 g/mol. The highest BCUT2D eigenvalue weighted by Crippen LogP contribution is 2.23. The minimum absolute atomic E-state index is 0.0778. The van der Waals surface area contributed by atoms with Crippen LogP contribution in [-0.2, 0) is 6.54 Å². The van der Waals surface area contributed by atoms with Crippen molar-refractivity contribution >= 4 is 17.0 Å². The Balaban J connectivity index is 2.00. The fraction of sp³-hybridized carbons (Fsp3) is 0.278. The van der Waals surface area contributed by atoms with Crippen molar-refractivity contribution < 1.29 is 13.9 Å². The summed E-state index contributed by atoms with van der Waals surface area (Å²) in [4.78, 5) is 12.5. The Kier molecular flexibility index (Phi) is 4.10. The van der Waals surface area contributed by atoms with E-state index in [2.05, 4.69) is 5.32 Å². The Morgan fingerprint density at radius 2 is 2.13 bits per heavy atom. The lowest BCUT2D eigenvalue weighted by molar-refractivity contribution is 0.0934. The summed E-state index contributed by atoms with van der Waals surface area (Å²) >= 11 is 0. The molecule has 1 amide bonds. The number of rotatable bonds is 5. The molecule has 0 fully saturated rings. The van der Waals surface area contributed by atoms with Crippen molar-refractivity contribution in [3.8, 4) is 5.75 Å². The van der Waals surface area contributed by atoms with Gasteiger partial charge in [-0.05, 0) is 31.5 Å². The minimum Gasteiger partial charge on any atom is -0.497 e. The molecule has 2 heterocycles. The zero-order valence-corrected chi connectivity index (χ0v) is 13.5. The number of hydrogen-bond donors (Lipinski definition) is 1. The van der Waals surface area contributed by atoms with Gasteiger partial charge in [0, 0.05) is 24.7 Å². The lowest BCUT2D eigenvalue weighted by atomic mass is 10.2. The van der Waals surface area contributed by atoms with Crippen LogP contribution >= 0.6 is 0 Å². The van der Waals surface area contributed by atoms with Gasteiger partial charge in [0.15, 0.2) is 5.58 Å². The van der Waals surface area contributed by atoms with Gasteiger partial charge in [0.1, 0.15) is 11.4 Å². The molecule has 3 aromatic rings. The molecule has 0 aliphatic carbocycles. The number of furan rings is 1. The van der Waals surface area contributed by atoms with Crippen molar-refractivity contribution in [1.82, 2.24) is 9.88 Å². The Bertz CT molecular complexity index is 830. The van der Waals surface area contributed by atoms with E-state index in [-0.39, 0.29) is 11.9 Å². The molecule has 3 rings (SSSR count). The van der Waals surface area contributed by atoms with Crippen LogP contribution in [0.4, 0.5) is 0 Å². The maximum absolute atomic E-state index is 12.5. The molecule has 0 atom stereocenters. The van der Waals surface area contributed by atoms with E-state index in [0.717, 1.165) is 16.8 Å². The van der Waals surface area contributed by atoms with Crippen LogP contribution in [0.1, 0.15) is 29.9 Å². The predicted molar refractivity (Wildman–Crippen MR) is 88.9 cm³/mol. The third-order valence-electron chi connectivity index (χ3n) is 3.65. The van der Waals surface area contributed by atoms with Crippen LogP contribution in [-0.4, -0.2) is 23.6 Å². The van der Waals surface area contributed by atoms with Gasteiger partial charge in [-0.3, -0.25) is 4.79 Å². The molecule has 5 nitrogen and oxygen atoms in total. The quantitative estimate of drug-likeness (QED) is 0.785. The van der Waals surface area contributed by atoms with Gasteiger partial charge in [-0.15, -0.1) is 0 Å². The molecule has 0 bridgehead atoms. The van der Waals surface area contributed by atoms with Crippen LogP contribution in [0.3, 0.4) is 0 Å². The summed E-state index contributed by atoms with van der Waals surface area (Å²) in [5.41, 5.74) is 3.26. The van der Waals surface area contributed by atoms with Crippen LogP contribution < -0.4 is 10.1 Å². The second-order valence-electron chi connectivity index (χ2n) is 5.77. The zero-order valence-electron chi connectivity index (χ0n) is 13.5. The largest absolute Gasteiger partial charge is 0.497 e. The number of nitrogens with zero attached hydrogens (tertiary/aromatic N) is 1. The molecule has 0 saturated carbocycles. The molecular weight excluding hydrogens is 292 g/mol. The number of fused-ring (bicyclic) bond motifs is 1. The van der Waals surface area contributed by atoms with E-state index in [0.29, 0.717) is 17.8 Å². The van der Waals surface area contributed by atoms with Crippen molar-refractivity contribution in [3.63, 3.8) is 0 Å². The summed E-state index contributed by atoms with van der Waals surface area (Å²) in [7, 11) is 1.64. The first-order valence-electron chi connectivity index (χ1n) is 7.59. The number of carbonyl (C=O) groups excluding carboxylic acids is 1. The Morgan fingerprint density at radius 3 is 2.87 bits per heavy atom. The predicted octanol–water partition coefficient (Wildman–Crippen LogP) is 3.43. The number of nitrogens with one attached hydrogen (secondary N) is 1. The van der Waals surface area contributed by atoms with E-state index in [1.165, 1.54) is 0 Å². The monoisotopic (exact) mass is 312 g/mol. The molecule has 0 spiro atoms. The summed E-state index contributed by atoms with van der Waals surface area (Å²) in [5, 5.41) is 2.93.